The molecule has 0 saturated carbocycles. The topological polar surface area (TPSA) is 119 Å². The summed E-state index contributed by atoms with van der Waals surface area (Å²) in [4.78, 5) is 47.7. The normalized spacial score (nSPS) is 13.6. The van der Waals surface area contributed by atoms with Crippen LogP contribution in [0.25, 0.3) is 0 Å². The second-order valence-corrected chi connectivity index (χ2v) is 5.77. The van der Waals surface area contributed by atoms with Gasteiger partial charge in [0, 0.05) is 30.5 Å². The first-order valence-corrected chi connectivity index (χ1v) is 8.00. The Labute approximate surface area is 153 Å². The Morgan fingerprint density at radius 3 is 2.48 bits per heavy atom. The third-order valence-electron chi connectivity index (χ3n) is 4.06. The number of hydrogen-bond acceptors (Lipinski definition) is 6. The molecule has 27 heavy (non-hydrogen) atoms. The van der Waals surface area contributed by atoms with Crippen LogP contribution in [0, 0.1) is 10.1 Å². The largest absolute Gasteiger partial charge is 0.495 e. The summed E-state index contributed by atoms with van der Waals surface area (Å²) >= 11 is 0. The van der Waals surface area contributed by atoms with Crippen LogP contribution in [-0.4, -0.2) is 29.8 Å². The molecule has 1 saturated heterocycles. The standard InChI is InChI=1S/C18H15N3O6/c1-27-15-6-5-13(21(25)26)10-14(15)19-18(24)11-3-2-4-12(9-11)20-16(22)7-8-17(20)23/h2-6,9-10H,7-8H2,1H3,(H,19,24). The smallest absolute Gasteiger partial charge is 0.271 e. The molecule has 1 N–H and O–H groups in total. The lowest BCUT2D eigenvalue weighted by atomic mass is 10.1. The Bertz CT molecular complexity index is 940. The summed E-state index contributed by atoms with van der Waals surface area (Å²) in [6.45, 7) is 0. The van der Waals surface area contributed by atoms with Gasteiger partial charge in [-0.15, -0.1) is 0 Å². The minimum atomic E-state index is -0.583. The summed E-state index contributed by atoms with van der Waals surface area (Å²) < 4.78 is 5.12. The number of amides is 3. The number of carbonyl (C=O) groups is 3. The molecule has 0 spiro atoms. The second-order valence-electron chi connectivity index (χ2n) is 5.77. The van der Waals surface area contributed by atoms with Crippen molar-refractivity contribution in [3.05, 3.63) is 58.1 Å². The van der Waals surface area contributed by atoms with Gasteiger partial charge in [-0.05, 0) is 24.3 Å². The maximum Gasteiger partial charge on any atom is 0.271 e. The zero-order valence-electron chi connectivity index (χ0n) is 14.3. The van der Waals surface area contributed by atoms with E-state index in [-0.39, 0.29) is 47.3 Å². The summed E-state index contributed by atoms with van der Waals surface area (Å²) in [5.74, 6) is -0.944. The van der Waals surface area contributed by atoms with Gasteiger partial charge in [0.1, 0.15) is 5.75 Å². The lowest BCUT2D eigenvalue weighted by Gasteiger charge is -2.15. The van der Waals surface area contributed by atoms with Gasteiger partial charge in [0.25, 0.3) is 11.6 Å². The van der Waals surface area contributed by atoms with Crippen molar-refractivity contribution in [1.82, 2.24) is 0 Å². The molecule has 0 bridgehead atoms. The molecule has 0 unspecified atom stereocenters. The number of nitrogens with one attached hydrogen (secondary N) is 1. The fourth-order valence-electron chi connectivity index (χ4n) is 2.75. The summed E-state index contributed by atoms with van der Waals surface area (Å²) in [6, 6.07) is 9.87. The zero-order valence-corrected chi connectivity index (χ0v) is 14.3. The van der Waals surface area contributed by atoms with E-state index in [1.54, 1.807) is 12.1 Å². The molecular formula is C18H15N3O6. The molecule has 9 nitrogen and oxygen atoms in total. The van der Waals surface area contributed by atoms with Crippen molar-refractivity contribution in [2.75, 3.05) is 17.3 Å². The van der Waals surface area contributed by atoms with Crippen molar-refractivity contribution in [3.8, 4) is 5.75 Å². The molecule has 0 atom stereocenters. The number of nitrogens with zero attached hydrogens (tertiary/aromatic N) is 2. The van der Waals surface area contributed by atoms with E-state index in [1.165, 1.54) is 37.4 Å². The average Bonchev–Trinajstić information content (AvgIpc) is 3.00. The minimum Gasteiger partial charge on any atom is -0.495 e. The number of rotatable bonds is 5. The number of nitro groups is 1. The van der Waals surface area contributed by atoms with Crippen LogP contribution in [-0.2, 0) is 9.59 Å². The fourth-order valence-corrected chi connectivity index (χ4v) is 2.75. The van der Waals surface area contributed by atoms with Crippen molar-refractivity contribution in [2.45, 2.75) is 12.8 Å². The number of ether oxygens (including phenoxy) is 1. The maximum atomic E-state index is 12.6. The van der Waals surface area contributed by atoms with Crippen LogP contribution in [0.5, 0.6) is 5.75 Å². The van der Waals surface area contributed by atoms with Gasteiger partial charge < -0.3 is 10.1 Å². The van der Waals surface area contributed by atoms with Gasteiger partial charge in [-0.25, -0.2) is 0 Å². The van der Waals surface area contributed by atoms with Gasteiger partial charge in [0.05, 0.1) is 23.4 Å². The van der Waals surface area contributed by atoms with Gasteiger partial charge in [-0.3, -0.25) is 29.4 Å². The minimum absolute atomic E-state index is 0.135. The number of anilines is 2. The number of nitro benzene ring substituents is 1. The molecule has 0 radical (unpaired) electrons. The fraction of sp³-hybridized carbons (Fsp3) is 0.167. The Hall–Kier alpha value is -3.75. The first-order chi connectivity index (χ1) is 12.9. The van der Waals surface area contributed by atoms with E-state index in [0.717, 1.165) is 4.90 Å². The average molecular weight is 369 g/mol. The molecule has 0 aromatic heterocycles. The van der Waals surface area contributed by atoms with Crippen molar-refractivity contribution in [2.24, 2.45) is 0 Å². The Morgan fingerprint density at radius 1 is 1.15 bits per heavy atom. The highest BCUT2D eigenvalue weighted by Gasteiger charge is 2.30. The number of methoxy groups -OCH3 is 1. The number of hydrogen-bond donors (Lipinski definition) is 1. The van der Waals surface area contributed by atoms with Crippen LogP contribution in [0.2, 0.25) is 0 Å². The summed E-state index contributed by atoms with van der Waals surface area (Å²) in [5, 5.41) is 13.5. The monoisotopic (exact) mass is 369 g/mol. The van der Waals surface area contributed by atoms with E-state index in [4.69, 9.17) is 4.74 Å². The van der Waals surface area contributed by atoms with Crippen LogP contribution in [0.3, 0.4) is 0 Å². The molecule has 1 aliphatic heterocycles. The lowest BCUT2D eigenvalue weighted by Crippen LogP contribution is -2.28. The highest BCUT2D eigenvalue weighted by atomic mass is 16.6. The number of imide groups is 1. The summed E-state index contributed by atoms with van der Waals surface area (Å²) in [6.07, 6.45) is 0.278. The van der Waals surface area contributed by atoms with E-state index in [0.29, 0.717) is 5.69 Å². The molecule has 0 aliphatic carbocycles. The Balaban J connectivity index is 1.88. The molecule has 3 rings (SSSR count). The van der Waals surface area contributed by atoms with Crippen molar-refractivity contribution in [3.63, 3.8) is 0 Å². The van der Waals surface area contributed by atoms with Gasteiger partial charge in [0.2, 0.25) is 11.8 Å². The SMILES string of the molecule is COc1ccc([N+](=O)[O-])cc1NC(=O)c1cccc(N2C(=O)CCC2=O)c1. The van der Waals surface area contributed by atoms with Gasteiger partial charge in [-0.2, -0.15) is 0 Å². The molecule has 2 aromatic carbocycles. The lowest BCUT2D eigenvalue weighted by molar-refractivity contribution is -0.384. The van der Waals surface area contributed by atoms with E-state index < -0.39 is 10.8 Å². The summed E-state index contributed by atoms with van der Waals surface area (Å²) in [5.41, 5.74) is 0.429. The number of benzene rings is 2. The van der Waals surface area contributed by atoms with Crippen LogP contribution < -0.4 is 15.0 Å². The Morgan fingerprint density at radius 2 is 1.85 bits per heavy atom. The highest BCUT2D eigenvalue weighted by Crippen LogP contribution is 2.30. The second kappa shape index (κ2) is 7.24. The van der Waals surface area contributed by atoms with Crippen LogP contribution >= 0.6 is 0 Å². The van der Waals surface area contributed by atoms with E-state index in [2.05, 4.69) is 5.32 Å². The van der Waals surface area contributed by atoms with E-state index in [1.807, 2.05) is 0 Å². The molecule has 1 heterocycles. The van der Waals surface area contributed by atoms with Crippen LogP contribution in [0.4, 0.5) is 17.1 Å². The third kappa shape index (κ3) is 3.61. The van der Waals surface area contributed by atoms with Gasteiger partial charge >= 0.3 is 0 Å². The molecule has 1 aliphatic rings. The van der Waals surface area contributed by atoms with Crippen LogP contribution in [0.15, 0.2) is 42.5 Å². The third-order valence-corrected chi connectivity index (χ3v) is 4.06. The first kappa shape index (κ1) is 18.1. The first-order valence-electron chi connectivity index (χ1n) is 8.00. The maximum absolute atomic E-state index is 12.6. The van der Waals surface area contributed by atoms with Crippen molar-refractivity contribution >= 4 is 34.8 Å². The van der Waals surface area contributed by atoms with E-state index >= 15 is 0 Å². The predicted octanol–water partition coefficient (Wildman–Crippen LogP) is 2.51. The zero-order chi connectivity index (χ0) is 19.6. The van der Waals surface area contributed by atoms with Crippen molar-refractivity contribution in [1.29, 1.82) is 0 Å². The van der Waals surface area contributed by atoms with E-state index in [9.17, 15) is 24.5 Å². The molecule has 1 fully saturated rings. The van der Waals surface area contributed by atoms with Crippen LogP contribution in [0.1, 0.15) is 23.2 Å². The molecule has 3 amide bonds. The molecule has 9 heteroatoms. The summed E-state index contributed by atoms with van der Waals surface area (Å²) in [7, 11) is 1.38. The number of non-ortho nitro benzene ring substituents is 1. The molecular weight excluding hydrogens is 354 g/mol. The highest BCUT2D eigenvalue weighted by molar-refractivity contribution is 6.20. The molecule has 2 aromatic rings. The van der Waals surface area contributed by atoms with Gasteiger partial charge in [0.15, 0.2) is 0 Å². The predicted molar refractivity (Wildman–Crippen MR) is 95.8 cm³/mol. The Kier molecular flexibility index (Phi) is 4.84. The number of carbonyl (C=O) groups excluding carboxylic acids is 3. The van der Waals surface area contributed by atoms with Gasteiger partial charge in [-0.1, -0.05) is 6.07 Å². The van der Waals surface area contributed by atoms with Crippen molar-refractivity contribution < 1.29 is 24.0 Å². The molecule has 138 valence electrons. The quantitative estimate of drug-likeness (QED) is 0.491.